The van der Waals surface area contributed by atoms with Crippen LogP contribution in [0.25, 0.3) is 5.65 Å². The number of imidazole rings is 1. The van der Waals surface area contributed by atoms with Crippen LogP contribution < -0.4 is 5.32 Å². The predicted molar refractivity (Wildman–Crippen MR) is 72.3 cm³/mol. The van der Waals surface area contributed by atoms with Gasteiger partial charge in [0.15, 0.2) is 11.5 Å². The number of nitrogens with one attached hydrogen (secondary N) is 1. The van der Waals surface area contributed by atoms with E-state index in [9.17, 15) is 0 Å². The van der Waals surface area contributed by atoms with Gasteiger partial charge in [-0.25, -0.2) is 9.97 Å². The number of aromatic nitrogens is 4. The van der Waals surface area contributed by atoms with Crippen molar-refractivity contribution in [2.24, 2.45) is 0 Å². The molecule has 90 valence electrons. The molecule has 18 heavy (non-hydrogen) atoms. The van der Waals surface area contributed by atoms with Crippen molar-refractivity contribution in [2.75, 3.05) is 5.32 Å². The van der Waals surface area contributed by atoms with Gasteiger partial charge in [0.25, 0.3) is 0 Å². The van der Waals surface area contributed by atoms with Crippen LogP contribution in [-0.2, 0) is 6.54 Å². The number of pyridine rings is 1. The van der Waals surface area contributed by atoms with Gasteiger partial charge in [0.2, 0.25) is 0 Å². The molecule has 0 aliphatic rings. The highest BCUT2D eigenvalue weighted by Crippen LogP contribution is 2.17. The summed E-state index contributed by atoms with van der Waals surface area (Å²) in [6.07, 6.45) is 9.06. The molecule has 0 atom stereocenters. The minimum absolute atomic E-state index is 0.689. The van der Waals surface area contributed by atoms with E-state index in [1.807, 2.05) is 28.9 Å². The molecule has 3 heterocycles. The van der Waals surface area contributed by atoms with E-state index < -0.39 is 0 Å². The van der Waals surface area contributed by atoms with Crippen molar-refractivity contribution in [3.63, 3.8) is 0 Å². The van der Waals surface area contributed by atoms with Crippen LogP contribution in [0.1, 0.15) is 5.56 Å². The van der Waals surface area contributed by atoms with E-state index in [-0.39, 0.29) is 0 Å². The van der Waals surface area contributed by atoms with Crippen molar-refractivity contribution in [1.82, 2.24) is 19.4 Å². The van der Waals surface area contributed by atoms with E-state index in [1.165, 1.54) is 0 Å². The lowest BCUT2D eigenvalue weighted by atomic mass is 10.3. The third-order valence-corrected chi connectivity index (χ3v) is 2.94. The highest BCUT2D eigenvalue weighted by atomic mass is 79.9. The van der Waals surface area contributed by atoms with Crippen LogP contribution in [0.2, 0.25) is 0 Å². The van der Waals surface area contributed by atoms with Gasteiger partial charge in [0, 0.05) is 37.5 Å². The molecule has 6 heteroatoms. The van der Waals surface area contributed by atoms with E-state index in [4.69, 9.17) is 0 Å². The van der Waals surface area contributed by atoms with Crippen LogP contribution >= 0.6 is 15.9 Å². The van der Waals surface area contributed by atoms with Crippen molar-refractivity contribution in [1.29, 1.82) is 0 Å². The number of rotatable bonds is 3. The van der Waals surface area contributed by atoms with Gasteiger partial charge in [0.1, 0.15) is 4.60 Å². The van der Waals surface area contributed by atoms with Crippen molar-refractivity contribution < 1.29 is 0 Å². The average Bonchev–Trinajstić information content (AvgIpc) is 2.85. The van der Waals surface area contributed by atoms with Gasteiger partial charge in [-0.15, -0.1) is 0 Å². The zero-order valence-electron chi connectivity index (χ0n) is 9.42. The van der Waals surface area contributed by atoms with Gasteiger partial charge >= 0.3 is 0 Å². The second-order valence-electron chi connectivity index (χ2n) is 3.78. The number of hydrogen-bond donors (Lipinski definition) is 1. The minimum atomic E-state index is 0.689. The molecule has 0 aromatic carbocycles. The topological polar surface area (TPSA) is 55.1 Å². The van der Waals surface area contributed by atoms with E-state index in [0.717, 1.165) is 21.6 Å². The summed E-state index contributed by atoms with van der Waals surface area (Å²) < 4.78 is 2.69. The molecular weight excluding hydrogens is 294 g/mol. The first-order valence-corrected chi connectivity index (χ1v) is 6.24. The smallest absolute Gasteiger partial charge is 0.180 e. The Bertz CT molecular complexity index is 665. The summed E-state index contributed by atoms with van der Waals surface area (Å²) in [5, 5.41) is 3.28. The predicted octanol–water partition coefficient (Wildman–Crippen LogP) is 2.50. The van der Waals surface area contributed by atoms with Crippen molar-refractivity contribution >= 4 is 27.4 Å². The van der Waals surface area contributed by atoms with Crippen LogP contribution in [0.4, 0.5) is 5.82 Å². The number of nitrogens with zero attached hydrogens (tertiary/aromatic N) is 4. The Labute approximate surface area is 112 Å². The molecule has 0 bridgehead atoms. The van der Waals surface area contributed by atoms with Crippen molar-refractivity contribution in [3.05, 3.63) is 53.3 Å². The van der Waals surface area contributed by atoms with E-state index in [1.54, 1.807) is 18.6 Å². The first-order chi connectivity index (χ1) is 8.83. The third kappa shape index (κ3) is 2.19. The van der Waals surface area contributed by atoms with Crippen LogP contribution in [0.15, 0.2) is 47.7 Å². The molecule has 0 saturated heterocycles. The molecule has 0 amide bonds. The summed E-state index contributed by atoms with van der Waals surface area (Å²) in [7, 11) is 0. The molecule has 0 radical (unpaired) electrons. The van der Waals surface area contributed by atoms with E-state index in [0.29, 0.717) is 6.54 Å². The third-order valence-electron chi connectivity index (χ3n) is 2.55. The van der Waals surface area contributed by atoms with Gasteiger partial charge in [-0.05, 0) is 33.6 Å². The Kier molecular flexibility index (Phi) is 2.93. The van der Waals surface area contributed by atoms with Crippen LogP contribution in [-0.4, -0.2) is 19.4 Å². The summed E-state index contributed by atoms with van der Waals surface area (Å²) in [6, 6.07) is 3.93. The molecule has 0 spiro atoms. The molecule has 3 aromatic heterocycles. The quantitative estimate of drug-likeness (QED) is 0.808. The lowest BCUT2D eigenvalue weighted by Gasteiger charge is -2.07. The maximum Gasteiger partial charge on any atom is 0.180 e. The molecule has 0 unspecified atom stereocenters. The van der Waals surface area contributed by atoms with Gasteiger partial charge < -0.3 is 9.72 Å². The van der Waals surface area contributed by atoms with Gasteiger partial charge in [0.05, 0.1) is 0 Å². The molecule has 0 saturated carbocycles. The standard InChI is InChI=1S/C12H10BrN5/c13-10-8-18-6-5-15-12(18)11(17-10)16-7-9-1-3-14-4-2-9/h1-6,8H,7H2,(H,16,17). The summed E-state index contributed by atoms with van der Waals surface area (Å²) in [5.74, 6) is 0.756. The SMILES string of the molecule is Brc1cn2ccnc2c(NCc2ccncc2)n1. The van der Waals surface area contributed by atoms with Crippen molar-refractivity contribution in [3.8, 4) is 0 Å². The summed E-state index contributed by atoms with van der Waals surface area (Å²) in [5.41, 5.74) is 1.96. The minimum Gasteiger partial charge on any atom is -0.363 e. The Balaban J connectivity index is 1.88. The van der Waals surface area contributed by atoms with Crippen LogP contribution in [0.3, 0.4) is 0 Å². The van der Waals surface area contributed by atoms with E-state index in [2.05, 4.69) is 36.2 Å². The second-order valence-corrected chi connectivity index (χ2v) is 4.59. The fraction of sp³-hybridized carbons (Fsp3) is 0.0833. The van der Waals surface area contributed by atoms with E-state index >= 15 is 0 Å². The normalized spacial score (nSPS) is 10.7. The van der Waals surface area contributed by atoms with Crippen LogP contribution in [0, 0.1) is 0 Å². The largest absolute Gasteiger partial charge is 0.363 e. The monoisotopic (exact) mass is 303 g/mol. The zero-order valence-corrected chi connectivity index (χ0v) is 11.0. The molecular formula is C12H10BrN5. The molecule has 0 aliphatic carbocycles. The summed E-state index contributed by atoms with van der Waals surface area (Å²) >= 11 is 3.38. The summed E-state index contributed by atoms with van der Waals surface area (Å²) in [4.78, 5) is 12.7. The maximum atomic E-state index is 4.40. The Hall–Kier alpha value is -1.95. The Morgan fingerprint density at radius 2 is 2.06 bits per heavy atom. The lowest BCUT2D eigenvalue weighted by molar-refractivity contribution is 1.05. The lowest BCUT2D eigenvalue weighted by Crippen LogP contribution is -2.04. The zero-order chi connectivity index (χ0) is 12.4. The highest BCUT2D eigenvalue weighted by molar-refractivity contribution is 9.10. The molecule has 5 nitrogen and oxygen atoms in total. The molecule has 1 N–H and O–H groups in total. The van der Waals surface area contributed by atoms with Gasteiger partial charge in [-0.1, -0.05) is 0 Å². The number of halogens is 1. The second kappa shape index (κ2) is 4.73. The fourth-order valence-corrected chi connectivity index (χ4v) is 2.10. The van der Waals surface area contributed by atoms with Crippen molar-refractivity contribution in [2.45, 2.75) is 6.54 Å². The summed E-state index contributed by atoms with van der Waals surface area (Å²) in [6.45, 7) is 0.689. The highest BCUT2D eigenvalue weighted by Gasteiger charge is 2.05. The number of anilines is 1. The molecule has 3 rings (SSSR count). The molecule has 0 fully saturated rings. The molecule has 3 aromatic rings. The van der Waals surface area contributed by atoms with Gasteiger partial charge in [-0.3, -0.25) is 4.98 Å². The molecule has 0 aliphatic heterocycles. The first-order valence-electron chi connectivity index (χ1n) is 5.45. The number of hydrogen-bond acceptors (Lipinski definition) is 4. The Morgan fingerprint density at radius 3 is 2.89 bits per heavy atom. The first kappa shape index (κ1) is 11.2. The van der Waals surface area contributed by atoms with Crippen LogP contribution in [0.5, 0.6) is 0 Å². The number of fused-ring (bicyclic) bond motifs is 1. The fourth-order valence-electron chi connectivity index (χ4n) is 1.71. The Morgan fingerprint density at radius 1 is 1.22 bits per heavy atom. The van der Waals surface area contributed by atoms with Gasteiger partial charge in [-0.2, -0.15) is 0 Å². The average molecular weight is 304 g/mol. The maximum absolute atomic E-state index is 4.40.